The van der Waals surface area contributed by atoms with Crippen molar-refractivity contribution in [1.82, 2.24) is 9.88 Å². The van der Waals surface area contributed by atoms with Crippen LogP contribution in [0.4, 0.5) is 13.2 Å². The molecule has 0 fully saturated rings. The van der Waals surface area contributed by atoms with Gasteiger partial charge in [0.25, 0.3) is 5.56 Å². The second kappa shape index (κ2) is 4.69. The van der Waals surface area contributed by atoms with Gasteiger partial charge in [0.15, 0.2) is 0 Å². The summed E-state index contributed by atoms with van der Waals surface area (Å²) in [4.78, 5) is 11.7. The van der Waals surface area contributed by atoms with Crippen LogP contribution in [0, 0.1) is 0 Å². The summed E-state index contributed by atoms with van der Waals surface area (Å²) in [7, 11) is 1.18. The highest BCUT2D eigenvalue weighted by molar-refractivity contribution is 5.17. The summed E-state index contributed by atoms with van der Waals surface area (Å²) in [6.45, 7) is 2.05. The molecule has 1 atom stereocenters. The van der Waals surface area contributed by atoms with E-state index in [0.717, 1.165) is 0 Å². The van der Waals surface area contributed by atoms with E-state index in [1.807, 2.05) is 0 Å². The first-order chi connectivity index (χ1) is 7.41. The Kier molecular flexibility index (Phi) is 3.74. The molecule has 0 amide bonds. The fraction of sp³-hybridized carbons (Fsp3) is 0.500. The molecular formula is C10H13F3N2O. The molecule has 0 bridgehead atoms. The van der Waals surface area contributed by atoms with Gasteiger partial charge in [-0.25, -0.2) is 0 Å². The van der Waals surface area contributed by atoms with E-state index in [1.54, 1.807) is 6.92 Å². The Bertz CT molecular complexity index is 411. The largest absolute Gasteiger partial charge is 0.408 e. The van der Waals surface area contributed by atoms with Crippen LogP contribution >= 0.6 is 0 Å². The molecule has 0 aromatic carbocycles. The summed E-state index contributed by atoms with van der Waals surface area (Å²) < 4.78 is 39.1. The van der Waals surface area contributed by atoms with Crippen LogP contribution in [0.3, 0.4) is 0 Å². The first-order valence-electron chi connectivity index (χ1n) is 4.85. The molecular weight excluding hydrogens is 221 g/mol. The van der Waals surface area contributed by atoms with Gasteiger partial charge in [-0.3, -0.25) is 4.79 Å². The van der Waals surface area contributed by atoms with E-state index < -0.39 is 17.8 Å². The Hall–Kier alpha value is -1.30. The number of aromatic nitrogens is 1. The van der Waals surface area contributed by atoms with Crippen LogP contribution in [0.25, 0.3) is 0 Å². The molecule has 0 aliphatic rings. The van der Waals surface area contributed by atoms with Crippen molar-refractivity contribution in [1.29, 1.82) is 0 Å². The maximum absolute atomic E-state index is 12.6. The van der Waals surface area contributed by atoms with E-state index in [0.29, 0.717) is 6.54 Å². The lowest BCUT2D eigenvalue weighted by Crippen LogP contribution is -2.37. The highest BCUT2D eigenvalue weighted by Gasteiger charge is 2.41. The topological polar surface area (TPSA) is 34.0 Å². The molecule has 0 spiro atoms. The summed E-state index contributed by atoms with van der Waals surface area (Å²) in [6.07, 6.45) is -3.00. The second-order valence-electron chi connectivity index (χ2n) is 3.32. The predicted octanol–water partition coefficient (Wildman–Crippen LogP) is 1.69. The quantitative estimate of drug-likeness (QED) is 0.863. The Morgan fingerprint density at radius 3 is 2.56 bits per heavy atom. The fourth-order valence-electron chi connectivity index (χ4n) is 1.52. The number of pyridine rings is 1. The van der Waals surface area contributed by atoms with Gasteiger partial charge in [0.05, 0.1) is 0 Å². The van der Waals surface area contributed by atoms with Crippen molar-refractivity contribution in [3.8, 4) is 0 Å². The first kappa shape index (κ1) is 12.8. The number of rotatable bonds is 3. The van der Waals surface area contributed by atoms with Crippen LogP contribution < -0.4 is 10.9 Å². The number of nitrogens with zero attached hydrogens (tertiary/aromatic N) is 1. The molecule has 0 aliphatic heterocycles. The second-order valence-corrected chi connectivity index (χ2v) is 3.32. The average molecular weight is 234 g/mol. The van der Waals surface area contributed by atoms with E-state index in [-0.39, 0.29) is 5.56 Å². The molecule has 1 N–H and O–H groups in total. The van der Waals surface area contributed by atoms with Gasteiger partial charge in [-0.05, 0) is 20.0 Å². The summed E-state index contributed by atoms with van der Waals surface area (Å²) in [5.41, 5.74) is -0.888. The van der Waals surface area contributed by atoms with E-state index >= 15 is 0 Å². The summed E-state index contributed by atoms with van der Waals surface area (Å²) in [6, 6.07) is 0.721. The van der Waals surface area contributed by atoms with Crippen molar-refractivity contribution in [3.05, 3.63) is 34.2 Å². The third-order valence-corrected chi connectivity index (χ3v) is 2.32. The summed E-state index contributed by atoms with van der Waals surface area (Å²) >= 11 is 0. The Labute approximate surface area is 90.9 Å². The number of nitrogens with one attached hydrogen (secondary N) is 1. The molecule has 6 heteroatoms. The van der Waals surface area contributed by atoms with E-state index in [2.05, 4.69) is 5.32 Å². The number of hydrogen-bond donors (Lipinski definition) is 1. The number of hydrogen-bond acceptors (Lipinski definition) is 2. The van der Waals surface area contributed by atoms with Gasteiger partial charge in [-0.2, -0.15) is 13.2 Å². The molecule has 1 rings (SSSR count). The molecule has 1 heterocycles. The molecule has 16 heavy (non-hydrogen) atoms. The van der Waals surface area contributed by atoms with Gasteiger partial charge < -0.3 is 9.88 Å². The molecule has 90 valence electrons. The smallest absolute Gasteiger partial charge is 0.316 e. The van der Waals surface area contributed by atoms with Crippen LogP contribution in [0.5, 0.6) is 0 Å². The summed E-state index contributed by atoms with van der Waals surface area (Å²) in [5, 5.41) is 2.11. The highest BCUT2D eigenvalue weighted by atomic mass is 19.4. The molecule has 1 aromatic heterocycles. The fourth-order valence-corrected chi connectivity index (χ4v) is 1.52. The molecule has 0 aliphatic carbocycles. The first-order valence-corrected chi connectivity index (χ1v) is 4.85. The minimum atomic E-state index is -4.47. The standard InChI is InChI=1S/C10H13F3N2O/c1-3-15-6-4-5-7(9(15)16)8(14-2)10(11,12)13/h4-6,8,14H,3H2,1-2H3. The van der Waals surface area contributed by atoms with Crippen molar-refractivity contribution < 1.29 is 13.2 Å². The zero-order valence-electron chi connectivity index (χ0n) is 9.01. The Balaban J connectivity index is 3.27. The van der Waals surface area contributed by atoms with Crippen LogP contribution in [0.15, 0.2) is 23.1 Å². The number of alkyl halides is 3. The van der Waals surface area contributed by atoms with E-state index in [9.17, 15) is 18.0 Å². The van der Waals surface area contributed by atoms with Gasteiger partial charge in [0.1, 0.15) is 6.04 Å². The van der Waals surface area contributed by atoms with Gasteiger partial charge in [-0.15, -0.1) is 0 Å². The van der Waals surface area contributed by atoms with Gasteiger partial charge in [0, 0.05) is 18.3 Å². The van der Waals surface area contributed by atoms with Crippen LogP contribution in [-0.4, -0.2) is 17.8 Å². The molecule has 1 aromatic rings. The minimum Gasteiger partial charge on any atom is -0.316 e. The van der Waals surface area contributed by atoms with Crippen molar-refractivity contribution in [2.75, 3.05) is 7.05 Å². The zero-order chi connectivity index (χ0) is 12.3. The number of aryl methyl sites for hydroxylation is 1. The van der Waals surface area contributed by atoms with Gasteiger partial charge in [-0.1, -0.05) is 6.07 Å². The SMILES string of the molecule is CCn1cccc(C(NC)C(F)(F)F)c1=O. The third kappa shape index (κ3) is 2.44. The molecule has 0 saturated heterocycles. The summed E-state index contributed by atoms with van der Waals surface area (Å²) in [5.74, 6) is 0. The maximum Gasteiger partial charge on any atom is 0.408 e. The molecule has 1 unspecified atom stereocenters. The molecule has 3 nitrogen and oxygen atoms in total. The maximum atomic E-state index is 12.6. The highest BCUT2D eigenvalue weighted by Crippen LogP contribution is 2.30. The lowest BCUT2D eigenvalue weighted by molar-refractivity contribution is -0.156. The monoisotopic (exact) mass is 234 g/mol. The average Bonchev–Trinajstić information content (AvgIpc) is 2.19. The van der Waals surface area contributed by atoms with Crippen molar-refractivity contribution in [2.45, 2.75) is 25.7 Å². The van der Waals surface area contributed by atoms with Crippen LogP contribution in [0.2, 0.25) is 0 Å². The van der Waals surface area contributed by atoms with Gasteiger partial charge in [0.2, 0.25) is 0 Å². The zero-order valence-corrected chi connectivity index (χ0v) is 9.01. The van der Waals surface area contributed by atoms with E-state index in [1.165, 1.54) is 29.9 Å². The van der Waals surface area contributed by atoms with Crippen LogP contribution in [0.1, 0.15) is 18.5 Å². The number of halogens is 3. The molecule has 0 saturated carbocycles. The third-order valence-electron chi connectivity index (χ3n) is 2.32. The Morgan fingerprint density at radius 1 is 1.50 bits per heavy atom. The van der Waals surface area contributed by atoms with E-state index in [4.69, 9.17) is 0 Å². The van der Waals surface area contributed by atoms with Crippen molar-refractivity contribution >= 4 is 0 Å². The van der Waals surface area contributed by atoms with Crippen LogP contribution in [-0.2, 0) is 6.54 Å². The Morgan fingerprint density at radius 2 is 2.12 bits per heavy atom. The van der Waals surface area contributed by atoms with Gasteiger partial charge >= 0.3 is 6.18 Å². The van der Waals surface area contributed by atoms with Crippen molar-refractivity contribution in [3.63, 3.8) is 0 Å². The molecule has 0 radical (unpaired) electrons. The minimum absolute atomic E-state index is 0.278. The van der Waals surface area contributed by atoms with Crippen molar-refractivity contribution in [2.24, 2.45) is 0 Å². The lowest BCUT2D eigenvalue weighted by atomic mass is 10.1. The lowest BCUT2D eigenvalue weighted by Gasteiger charge is -2.19. The normalized spacial score (nSPS) is 13.8. The predicted molar refractivity (Wildman–Crippen MR) is 54.2 cm³/mol.